The van der Waals surface area contributed by atoms with Crippen LogP contribution in [0.15, 0.2) is 59.8 Å². The number of hydrazone groups is 1. The Morgan fingerprint density at radius 3 is 2.52 bits per heavy atom. The third kappa shape index (κ3) is 5.57. The molecule has 3 aromatic rings. The van der Waals surface area contributed by atoms with Gasteiger partial charge in [0.15, 0.2) is 11.5 Å². The normalized spacial score (nSPS) is 10.6. The van der Waals surface area contributed by atoms with Gasteiger partial charge in [-0.15, -0.1) is 0 Å². The summed E-state index contributed by atoms with van der Waals surface area (Å²) in [7, 11) is 1.36. The zero-order chi connectivity index (χ0) is 24.0. The third-order valence-corrected chi connectivity index (χ3v) is 4.44. The molecule has 0 aliphatic rings. The Hall–Kier alpha value is -4.58. The lowest BCUT2D eigenvalue weighted by Gasteiger charge is -2.11. The molecule has 0 unspecified atom stereocenters. The van der Waals surface area contributed by atoms with E-state index < -0.39 is 27.1 Å². The van der Waals surface area contributed by atoms with Crippen LogP contribution >= 0.6 is 11.6 Å². The number of nitro groups is 2. The maximum Gasteiger partial charge on any atom is 0.318 e. The Balaban J connectivity index is 1.78. The molecule has 0 saturated heterocycles. The van der Waals surface area contributed by atoms with E-state index in [0.717, 1.165) is 18.2 Å². The van der Waals surface area contributed by atoms with Crippen molar-refractivity contribution in [3.05, 3.63) is 91.2 Å². The third-order valence-electron chi connectivity index (χ3n) is 4.14. The quantitative estimate of drug-likeness (QED) is 0.222. The number of nitrogens with one attached hydrogen (secondary N) is 1. The van der Waals surface area contributed by atoms with E-state index in [2.05, 4.69) is 15.5 Å². The number of methoxy groups -OCH3 is 1. The molecule has 0 saturated carbocycles. The van der Waals surface area contributed by atoms with Crippen LogP contribution in [0.4, 0.5) is 11.4 Å². The maximum atomic E-state index is 12.1. The average Bonchev–Trinajstić information content (AvgIpc) is 2.80. The highest BCUT2D eigenvalue weighted by molar-refractivity contribution is 6.32. The molecule has 13 heteroatoms. The van der Waals surface area contributed by atoms with E-state index in [4.69, 9.17) is 21.1 Å². The molecule has 0 bridgehead atoms. The summed E-state index contributed by atoms with van der Waals surface area (Å²) in [5.74, 6) is -0.432. The van der Waals surface area contributed by atoms with Gasteiger partial charge in [-0.05, 0) is 42.0 Å². The lowest BCUT2D eigenvalue weighted by atomic mass is 10.2. The molecule has 0 fully saturated rings. The van der Waals surface area contributed by atoms with Crippen molar-refractivity contribution in [2.75, 3.05) is 7.11 Å². The molecule has 0 radical (unpaired) electrons. The number of hydrogen-bond donors (Lipinski definition) is 1. The molecule has 33 heavy (non-hydrogen) atoms. The lowest BCUT2D eigenvalue weighted by Crippen LogP contribution is -2.18. The van der Waals surface area contributed by atoms with Crippen molar-refractivity contribution in [3.63, 3.8) is 0 Å². The van der Waals surface area contributed by atoms with Gasteiger partial charge in [0.1, 0.15) is 5.15 Å². The summed E-state index contributed by atoms with van der Waals surface area (Å²) in [6.45, 7) is 0. The van der Waals surface area contributed by atoms with E-state index in [0.29, 0.717) is 5.56 Å². The first kappa shape index (κ1) is 23.1. The number of hydrogen-bond acceptors (Lipinski definition) is 9. The van der Waals surface area contributed by atoms with E-state index in [-0.39, 0.29) is 28.0 Å². The van der Waals surface area contributed by atoms with Crippen molar-refractivity contribution in [2.45, 2.75) is 0 Å². The number of benzene rings is 2. The van der Waals surface area contributed by atoms with E-state index in [1.165, 1.54) is 37.7 Å². The molecule has 0 aliphatic carbocycles. The van der Waals surface area contributed by atoms with Crippen LogP contribution in [0.1, 0.15) is 15.9 Å². The van der Waals surface area contributed by atoms with Gasteiger partial charge in [0, 0.05) is 12.3 Å². The second-order valence-electron chi connectivity index (χ2n) is 6.22. The van der Waals surface area contributed by atoms with E-state index >= 15 is 0 Å². The first-order valence-corrected chi connectivity index (χ1v) is 9.40. The number of halogens is 1. The standard InChI is InChI=1S/C20H14ClN5O7/c1-32-18-9-12(11-23-24-20(27)14-3-2-8-22-19(14)21)4-6-17(18)33-16-7-5-13(25(28)29)10-15(16)26(30)31/h2-11H,1H3,(H,24,27). The second-order valence-corrected chi connectivity index (χ2v) is 6.58. The molecule has 1 amide bonds. The highest BCUT2D eigenvalue weighted by Gasteiger charge is 2.22. The van der Waals surface area contributed by atoms with Gasteiger partial charge in [0.05, 0.1) is 34.8 Å². The van der Waals surface area contributed by atoms with Crippen LogP contribution in [0, 0.1) is 20.2 Å². The van der Waals surface area contributed by atoms with Crippen LogP contribution < -0.4 is 14.9 Å². The Kier molecular flexibility index (Phi) is 7.10. The van der Waals surface area contributed by atoms with Gasteiger partial charge in [0.2, 0.25) is 5.75 Å². The summed E-state index contributed by atoms with van der Waals surface area (Å²) in [5, 5.41) is 26.1. The maximum absolute atomic E-state index is 12.1. The number of aromatic nitrogens is 1. The number of ether oxygens (including phenoxy) is 2. The summed E-state index contributed by atoms with van der Waals surface area (Å²) in [6.07, 6.45) is 2.78. The molecule has 3 rings (SSSR count). The topological polar surface area (TPSA) is 159 Å². The van der Waals surface area contributed by atoms with Gasteiger partial charge >= 0.3 is 5.69 Å². The summed E-state index contributed by atoms with van der Waals surface area (Å²) in [5.41, 5.74) is 1.96. The molecular weight excluding hydrogens is 458 g/mol. The molecule has 168 valence electrons. The van der Waals surface area contributed by atoms with Crippen LogP contribution in [-0.4, -0.2) is 34.1 Å². The number of carbonyl (C=O) groups is 1. The fraction of sp³-hybridized carbons (Fsp3) is 0.0500. The predicted molar refractivity (Wildman–Crippen MR) is 117 cm³/mol. The number of nitrogens with zero attached hydrogens (tertiary/aromatic N) is 4. The van der Waals surface area contributed by atoms with Gasteiger partial charge in [-0.1, -0.05) is 11.6 Å². The van der Waals surface area contributed by atoms with E-state index in [9.17, 15) is 25.0 Å². The Labute approximate surface area is 190 Å². The van der Waals surface area contributed by atoms with Crippen LogP contribution in [0.3, 0.4) is 0 Å². The minimum absolute atomic E-state index is 0.0358. The number of non-ortho nitro benzene ring substituents is 1. The van der Waals surface area contributed by atoms with Gasteiger partial charge in [0.25, 0.3) is 11.6 Å². The highest BCUT2D eigenvalue weighted by Crippen LogP contribution is 2.38. The van der Waals surface area contributed by atoms with E-state index in [1.807, 2.05) is 0 Å². The molecule has 1 aromatic heterocycles. The van der Waals surface area contributed by atoms with Crippen LogP contribution in [0.25, 0.3) is 0 Å². The second kappa shape index (κ2) is 10.2. The van der Waals surface area contributed by atoms with Crippen molar-refractivity contribution in [3.8, 4) is 17.2 Å². The number of pyridine rings is 1. The Morgan fingerprint density at radius 2 is 1.85 bits per heavy atom. The summed E-state index contributed by atoms with van der Waals surface area (Å²) in [6, 6.07) is 10.6. The average molecular weight is 472 g/mol. The minimum Gasteiger partial charge on any atom is -0.493 e. The zero-order valence-corrected chi connectivity index (χ0v) is 17.6. The largest absolute Gasteiger partial charge is 0.493 e. The summed E-state index contributed by atoms with van der Waals surface area (Å²) >= 11 is 5.86. The van der Waals surface area contributed by atoms with Crippen LogP contribution in [0.2, 0.25) is 5.15 Å². The SMILES string of the molecule is COc1cc(C=NNC(=O)c2cccnc2Cl)ccc1Oc1ccc([N+](=O)[O-])cc1[N+](=O)[O-]. The van der Waals surface area contributed by atoms with Gasteiger partial charge in [-0.2, -0.15) is 5.10 Å². The molecule has 2 aromatic carbocycles. The van der Waals surface area contributed by atoms with Gasteiger partial charge < -0.3 is 9.47 Å². The number of rotatable bonds is 8. The Morgan fingerprint density at radius 1 is 1.09 bits per heavy atom. The molecule has 1 N–H and O–H groups in total. The summed E-state index contributed by atoms with van der Waals surface area (Å²) < 4.78 is 10.8. The van der Waals surface area contributed by atoms with Crippen molar-refractivity contribution in [1.82, 2.24) is 10.4 Å². The Bertz CT molecular complexity index is 1270. The van der Waals surface area contributed by atoms with Crippen molar-refractivity contribution >= 4 is 35.1 Å². The highest BCUT2D eigenvalue weighted by atomic mass is 35.5. The zero-order valence-electron chi connectivity index (χ0n) is 16.8. The minimum atomic E-state index is -0.785. The predicted octanol–water partition coefficient (Wildman–Crippen LogP) is 4.12. The number of amides is 1. The molecule has 0 spiro atoms. The van der Waals surface area contributed by atoms with Crippen molar-refractivity contribution in [2.24, 2.45) is 5.10 Å². The molecular formula is C20H14ClN5O7. The number of carbonyl (C=O) groups excluding carboxylic acids is 1. The van der Waals surface area contributed by atoms with Crippen LogP contribution in [0.5, 0.6) is 17.2 Å². The van der Waals surface area contributed by atoms with Crippen LogP contribution in [-0.2, 0) is 0 Å². The fourth-order valence-corrected chi connectivity index (χ4v) is 2.80. The monoisotopic (exact) mass is 471 g/mol. The molecule has 1 heterocycles. The van der Waals surface area contributed by atoms with Gasteiger partial charge in [-0.25, -0.2) is 10.4 Å². The van der Waals surface area contributed by atoms with Crippen molar-refractivity contribution in [1.29, 1.82) is 0 Å². The first-order valence-electron chi connectivity index (χ1n) is 9.02. The lowest BCUT2D eigenvalue weighted by molar-refractivity contribution is -0.394. The first-order chi connectivity index (χ1) is 15.8. The van der Waals surface area contributed by atoms with E-state index in [1.54, 1.807) is 12.1 Å². The summed E-state index contributed by atoms with van der Waals surface area (Å²) in [4.78, 5) is 36.6. The fourth-order valence-electron chi connectivity index (χ4n) is 2.60. The molecule has 12 nitrogen and oxygen atoms in total. The van der Waals surface area contributed by atoms with Gasteiger partial charge in [-0.3, -0.25) is 25.0 Å². The smallest absolute Gasteiger partial charge is 0.318 e. The molecule has 0 atom stereocenters. The van der Waals surface area contributed by atoms with Crippen molar-refractivity contribution < 1.29 is 24.1 Å². The number of nitro benzene ring substituents is 2. The molecule has 0 aliphatic heterocycles.